The van der Waals surface area contributed by atoms with Gasteiger partial charge in [-0.15, -0.1) is 5.10 Å². The highest BCUT2D eigenvalue weighted by Crippen LogP contribution is 2.34. The molecule has 1 aliphatic carbocycles. The van der Waals surface area contributed by atoms with Crippen LogP contribution >= 0.6 is 0 Å². The maximum atomic E-state index is 12.7. The number of carboxylic acids is 1. The summed E-state index contributed by atoms with van der Waals surface area (Å²) in [6.07, 6.45) is 3.78. The average molecular weight is 474 g/mol. The molecule has 3 atom stereocenters. The van der Waals surface area contributed by atoms with E-state index in [-0.39, 0.29) is 11.9 Å². The zero-order valence-electron chi connectivity index (χ0n) is 19.6. The first-order valence-corrected chi connectivity index (χ1v) is 11.4. The Kier molecular flexibility index (Phi) is 6.76. The van der Waals surface area contributed by atoms with Crippen molar-refractivity contribution in [3.63, 3.8) is 0 Å². The predicted octanol–water partition coefficient (Wildman–Crippen LogP) is 0.936. The molecule has 1 saturated heterocycles. The van der Waals surface area contributed by atoms with Crippen molar-refractivity contribution in [1.29, 1.82) is 0 Å². The molecule has 1 amide bonds. The van der Waals surface area contributed by atoms with E-state index in [0.717, 1.165) is 5.69 Å². The van der Waals surface area contributed by atoms with Gasteiger partial charge < -0.3 is 25.0 Å². The summed E-state index contributed by atoms with van der Waals surface area (Å²) < 4.78 is 12.2. The molecule has 1 saturated carbocycles. The van der Waals surface area contributed by atoms with Gasteiger partial charge in [0.25, 0.3) is 0 Å². The maximum Gasteiger partial charge on any atom is 0.308 e. The fraction of sp³-hybridized carbons (Fsp3) is 0.565. The number of aromatic nitrogens is 3. The molecule has 2 aromatic rings. The summed E-state index contributed by atoms with van der Waals surface area (Å²) >= 11 is 0. The number of carboxylic acid groups (broad SMARTS) is 1. The van der Waals surface area contributed by atoms with Gasteiger partial charge in [-0.3, -0.25) is 14.5 Å². The summed E-state index contributed by atoms with van der Waals surface area (Å²) in [5.41, 5.74) is 0.0420. The average Bonchev–Trinajstić information content (AvgIpc) is 3.32. The van der Waals surface area contributed by atoms with Crippen LogP contribution in [-0.2, 0) is 15.2 Å². The zero-order valence-corrected chi connectivity index (χ0v) is 19.6. The summed E-state index contributed by atoms with van der Waals surface area (Å²) in [5.74, 6) is -0.385. The molecule has 1 aromatic carbocycles. The molecule has 11 nitrogen and oxygen atoms in total. The van der Waals surface area contributed by atoms with E-state index in [1.807, 2.05) is 17.9 Å². The van der Waals surface area contributed by atoms with Crippen molar-refractivity contribution in [2.45, 2.75) is 50.3 Å². The molecule has 1 unspecified atom stereocenters. The Morgan fingerprint density at radius 3 is 2.47 bits per heavy atom. The molecule has 0 bridgehead atoms. The minimum atomic E-state index is -1.15. The monoisotopic (exact) mass is 473 g/mol. The molecule has 184 valence electrons. The topological polar surface area (TPSA) is 139 Å². The number of carbonyl (C=O) groups is 2. The van der Waals surface area contributed by atoms with Gasteiger partial charge in [0.15, 0.2) is 11.5 Å². The van der Waals surface area contributed by atoms with Gasteiger partial charge in [-0.2, -0.15) is 0 Å². The number of aliphatic carboxylic acids is 1. The lowest BCUT2D eigenvalue weighted by molar-refractivity contribution is -0.147. The van der Waals surface area contributed by atoms with E-state index in [0.29, 0.717) is 56.0 Å². The Balaban J connectivity index is 1.37. The van der Waals surface area contributed by atoms with Gasteiger partial charge in [0, 0.05) is 25.2 Å². The van der Waals surface area contributed by atoms with Crippen molar-refractivity contribution in [2.75, 3.05) is 27.3 Å². The molecule has 4 rings (SSSR count). The first-order chi connectivity index (χ1) is 16.3. The van der Waals surface area contributed by atoms with Gasteiger partial charge in [-0.1, -0.05) is 5.21 Å². The number of carbonyl (C=O) groups excluding carboxylic acids is 1. The Morgan fingerprint density at radius 1 is 1.18 bits per heavy atom. The highest BCUT2D eigenvalue weighted by molar-refractivity contribution is 5.83. The Bertz CT molecular complexity index is 1050. The Morgan fingerprint density at radius 2 is 1.88 bits per heavy atom. The van der Waals surface area contributed by atoms with E-state index < -0.39 is 23.5 Å². The molecule has 1 aliphatic heterocycles. The highest BCUT2D eigenvalue weighted by atomic mass is 16.5. The number of piperidine rings is 1. The number of likely N-dealkylation sites (tertiary alicyclic amines) is 1. The maximum absolute atomic E-state index is 12.7. The standard InChI is InChI=1S/C23H31N5O6/c1-14(21(29)24-17-6-5-16(17)22(30)31)27-10-8-23(32,9-11-27)20-13-28(26-25-20)15-4-7-18(33-2)19(12-15)34-3/h4,7,12-14,16-17,32H,5-6,8-11H2,1-3H3,(H,24,29)(H,30,31)/t14?,16-,17+/m0/s1. The SMILES string of the molecule is COc1ccc(-n2cc(C3(O)CCN(C(C)C(=O)N[C@@H]4CC[C@@H]4C(=O)O)CC3)nn2)cc1OC. The lowest BCUT2D eigenvalue weighted by Crippen LogP contribution is -2.56. The van der Waals surface area contributed by atoms with Crippen molar-refractivity contribution in [2.24, 2.45) is 5.92 Å². The van der Waals surface area contributed by atoms with Crippen LogP contribution in [0.1, 0.15) is 38.3 Å². The summed E-state index contributed by atoms with van der Waals surface area (Å²) in [5, 5.41) is 31.7. The Labute approximate surface area is 197 Å². The highest BCUT2D eigenvalue weighted by Gasteiger charge is 2.41. The minimum Gasteiger partial charge on any atom is -0.493 e. The van der Waals surface area contributed by atoms with Crippen LogP contribution in [0.3, 0.4) is 0 Å². The summed E-state index contributed by atoms with van der Waals surface area (Å²) in [7, 11) is 3.13. The molecule has 11 heteroatoms. The lowest BCUT2D eigenvalue weighted by Gasteiger charge is -2.40. The second-order valence-electron chi connectivity index (χ2n) is 8.97. The molecule has 2 heterocycles. The zero-order chi connectivity index (χ0) is 24.5. The number of aliphatic hydroxyl groups is 1. The molecule has 3 N–H and O–H groups in total. The summed E-state index contributed by atoms with van der Waals surface area (Å²) in [6.45, 7) is 2.81. The first kappa shape index (κ1) is 24.0. The van der Waals surface area contributed by atoms with E-state index in [2.05, 4.69) is 15.6 Å². The van der Waals surface area contributed by atoms with Crippen molar-refractivity contribution < 1.29 is 29.3 Å². The number of amides is 1. The van der Waals surface area contributed by atoms with Crippen molar-refractivity contribution in [1.82, 2.24) is 25.2 Å². The third-order valence-electron chi connectivity index (χ3n) is 7.07. The van der Waals surface area contributed by atoms with Crippen molar-refractivity contribution in [3.8, 4) is 17.2 Å². The third-order valence-corrected chi connectivity index (χ3v) is 7.07. The molecule has 0 radical (unpaired) electrons. The van der Waals surface area contributed by atoms with Gasteiger partial charge in [0.2, 0.25) is 5.91 Å². The lowest BCUT2D eigenvalue weighted by atomic mass is 9.79. The van der Waals surface area contributed by atoms with Crippen LogP contribution < -0.4 is 14.8 Å². The number of hydrogen-bond acceptors (Lipinski definition) is 8. The second kappa shape index (κ2) is 9.59. The summed E-state index contributed by atoms with van der Waals surface area (Å²) in [6, 6.07) is 4.66. The van der Waals surface area contributed by atoms with Crippen LogP contribution in [0, 0.1) is 5.92 Å². The number of nitrogens with zero attached hydrogens (tertiary/aromatic N) is 4. The van der Waals surface area contributed by atoms with Crippen LogP contribution in [0.25, 0.3) is 5.69 Å². The van der Waals surface area contributed by atoms with Crippen molar-refractivity contribution in [3.05, 3.63) is 30.1 Å². The van der Waals surface area contributed by atoms with E-state index in [4.69, 9.17) is 9.47 Å². The van der Waals surface area contributed by atoms with Crippen LogP contribution in [-0.4, -0.2) is 81.4 Å². The largest absolute Gasteiger partial charge is 0.493 e. The van der Waals surface area contributed by atoms with E-state index >= 15 is 0 Å². The fourth-order valence-electron chi connectivity index (χ4n) is 4.55. The normalized spacial score (nSPS) is 22.9. The van der Waals surface area contributed by atoms with Crippen molar-refractivity contribution >= 4 is 11.9 Å². The van der Waals surface area contributed by atoms with E-state index in [1.54, 1.807) is 37.2 Å². The minimum absolute atomic E-state index is 0.180. The molecule has 2 fully saturated rings. The molecular formula is C23H31N5O6. The number of hydrogen-bond donors (Lipinski definition) is 3. The van der Waals surface area contributed by atoms with Gasteiger partial charge in [-0.05, 0) is 44.7 Å². The molecule has 1 aromatic heterocycles. The van der Waals surface area contributed by atoms with Crippen LogP contribution in [0.2, 0.25) is 0 Å². The van der Waals surface area contributed by atoms with E-state index in [9.17, 15) is 19.8 Å². The third kappa shape index (κ3) is 4.58. The Hall–Kier alpha value is -3.18. The summed E-state index contributed by atoms with van der Waals surface area (Å²) in [4.78, 5) is 25.8. The van der Waals surface area contributed by atoms with Gasteiger partial charge in [0.1, 0.15) is 11.3 Å². The number of rotatable bonds is 8. The fourth-order valence-corrected chi connectivity index (χ4v) is 4.55. The number of methoxy groups -OCH3 is 2. The van der Waals surface area contributed by atoms with E-state index in [1.165, 1.54) is 0 Å². The predicted molar refractivity (Wildman–Crippen MR) is 121 cm³/mol. The molecule has 34 heavy (non-hydrogen) atoms. The number of nitrogens with one attached hydrogen (secondary N) is 1. The van der Waals surface area contributed by atoms with Crippen LogP contribution in [0.15, 0.2) is 24.4 Å². The van der Waals surface area contributed by atoms with Gasteiger partial charge in [-0.25, -0.2) is 4.68 Å². The molecule has 0 spiro atoms. The smallest absolute Gasteiger partial charge is 0.308 e. The van der Waals surface area contributed by atoms with Crippen LogP contribution in [0.4, 0.5) is 0 Å². The van der Waals surface area contributed by atoms with Gasteiger partial charge in [0.05, 0.1) is 38.1 Å². The van der Waals surface area contributed by atoms with Crippen LogP contribution in [0.5, 0.6) is 11.5 Å². The number of benzene rings is 1. The van der Waals surface area contributed by atoms with Gasteiger partial charge >= 0.3 is 5.97 Å². The second-order valence-corrected chi connectivity index (χ2v) is 8.97. The number of ether oxygens (including phenoxy) is 2. The first-order valence-electron chi connectivity index (χ1n) is 11.4. The quantitative estimate of drug-likeness (QED) is 0.511. The molecule has 2 aliphatic rings. The molecular weight excluding hydrogens is 442 g/mol.